The van der Waals surface area contributed by atoms with Gasteiger partial charge in [-0.3, -0.25) is 0 Å². The minimum atomic E-state index is -0.434. The SMILES string of the molecule is CCCCC(O)c1ccc2cnc(C)nn12. The van der Waals surface area contributed by atoms with Gasteiger partial charge in [-0.15, -0.1) is 0 Å². The number of aromatic nitrogens is 3. The van der Waals surface area contributed by atoms with E-state index in [1.54, 1.807) is 10.7 Å². The topological polar surface area (TPSA) is 50.4 Å². The molecule has 0 bridgehead atoms. The Balaban J connectivity index is 2.33. The van der Waals surface area contributed by atoms with Gasteiger partial charge in [-0.25, -0.2) is 9.50 Å². The van der Waals surface area contributed by atoms with Crippen LogP contribution < -0.4 is 0 Å². The Morgan fingerprint density at radius 2 is 2.25 bits per heavy atom. The predicted octanol–water partition coefficient (Wildman–Crippen LogP) is 2.26. The van der Waals surface area contributed by atoms with E-state index in [1.165, 1.54) is 0 Å². The Kier molecular flexibility index (Phi) is 3.19. The molecule has 0 aliphatic carbocycles. The molecule has 0 radical (unpaired) electrons. The van der Waals surface area contributed by atoms with Crippen molar-refractivity contribution in [2.24, 2.45) is 0 Å². The van der Waals surface area contributed by atoms with Crippen molar-refractivity contribution in [3.63, 3.8) is 0 Å². The second-order valence-corrected chi connectivity index (χ2v) is 4.06. The molecule has 2 aromatic rings. The number of hydrogen-bond donors (Lipinski definition) is 1. The fraction of sp³-hybridized carbons (Fsp3) is 0.500. The minimum absolute atomic E-state index is 0.434. The van der Waals surface area contributed by atoms with E-state index in [9.17, 15) is 5.11 Å². The number of rotatable bonds is 4. The minimum Gasteiger partial charge on any atom is -0.387 e. The molecule has 2 aromatic heterocycles. The van der Waals surface area contributed by atoms with Gasteiger partial charge >= 0.3 is 0 Å². The molecule has 0 aliphatic heterocycles. The van der Waals surface area contributed by atoms with Gasteiger partial charge in [0.2, 0.25) is 0 Å². The highest BCUT2D eigenvalue weighted by molar-refractivity contribution is 5.46. The molecule has 0 aliphatic rings. The van der Waals surface area contributed by atoms with Gasteiger partial charge in [0.1, 0.15) is 5.82 Å². The van der Waals surface area contributed by atoms with Crippen LogP contribution in [0.4, 0.5) is 0 Å². The molecular weight excluding hydrogens is 202 g/mol. The molecule has 0 aromatic carbocycles. The molecule has 0 amide bonds. The maximum absolute atomic E-state index is 10.0. The molecule has 0 saturated heterocycles. The third-order valence-electron chi connectivity index (χ3n) is 2.71. The average Bonchev–Trinajstić information content (AvgIpc) is 2.68. The van der Waals surface area contributed by atoms with Gasteiger partial charge in [-0.05, 0) is 25.5 Å². The zero-order valence-corrected chi connectivity index (χ0v) is 9.72. The molecule has 86 valence electrons. The summed E-state index contributed by atoms with van der Waals surface area (Å²) >= 11 is 0. The number of hydrogen-bond acceptors (Lipinski definition) is 3. The largest absolute Gasteiger partial charge is 0.387 e. The summed E-state index contributed by atoms with van der Waals surface area (Å²) < 4.78 is 1.78. The molecule has 0 fully saturated rings. The Hall–Kier alpha value is -1.42. The van der Waals surface area contributed by atoms with Crippen molar-refractivity contribution in [3.8, 4) is 0 Å². The van der Waals surface area contributed by atoms with Crippen molar-refractivity contribution in [1.82, 2.24) is 14.6 Å². The molecule has 1 unspecified atom stereocenters. The van der Waals surface area contributed by atoms with Crippen molar-refractivity contribution in [2.45, 2.75) is 39.2 Å². The van der Waals surface area contributed by atoms with Crippen molar-refractivity contribution in [3.05, 3.63) is 29.8 Å². The van der Waals surface area contributed by atoms with E-state index >= 15 is 0 Å². The van der Waals surface area contributed by atoms with Crippen molar-refractivity contribution in [2.75, 3.05) is 0 Å². The second kappa shape index (κ2) is 4.61. The number of unbranched alkanes of at least 4 members (excludes halogenated alkanes) is 1. The van der Waals surface area contributed by atoms with Crippen molar-refractivity contribution in [1.29, 1.82) is 0 Å². The van der Waals surface area contributed by atoms with Gasteiger partial charge < -0.3 is 5.11 Å². The van der Waals surface area contributed by atoms with Crippen LogP contribution in [0.3, 0.4) is 0 Å². The van der Waals surface area contributed by atoms with Crippen LogP contribution in [0.15, 0.2) is 18.3 Å². The van der Waals surface area contributed by atoms with E-state index in [0.29, 0.717) is 5.82 Å². The summed E-state index contributed by atoms with van der Waals surface area (Å²) in [6, 6.07) is 3.85. The summed E-state index contributed by atoms with van der Waals surface area (Å²) in [5.74, 6) is 0.715. The molecule has 1 atom stereocenters. The van der Waals surface area contributed by atoms with Crippen LogP contribution >= 0.6 is 0 Å². The van der Waals surface area contributed by atoms with Gasteiger partial charge in [0.15, 0.2) is 0 Å². The van der Waals surface area contributed by atoms with E-state index in [0.717, 1.165) is 30.5 Å². The van der Waals surface area contributed by atoms with Crippen LogP contribution in [-0.2, 0) is 0 Å². The second-order valence-electron chi connectivity index (χ2n) is 4.06. The van der Waals surface area contributed by atoms with Crippen LogP contribution in [0.1, 0.15) is 43.8 Å². The van der Waals surface area contributed by atoms with Gasteiger partial charge in [-0.1, -0.05) is 19.8 Å². The lowest BCUT2D eigenvalue weighted by Gasteiger charge is -2.09. The van der Waals surface area contributed by atoms with E-state index in [-0.39, 0.29) is 0 Å². The molecule has 16 heavy (non-hydrogen) atoms. The molecule has 2 heterocycles. The van der Waals surface area contributed by atoms with E-state index in [2.05, 4.69) is 17.0 Å². The lowest BCUT2D eigenvalue weighted by molar-refractivity contribution is 0.157. The molecule has 0 saturated carbocycles. The summed E-state index contributed by atoms with van der Waals surface area (Å²) in [7, 11) is 0. The smallest absolute Gasteiger partial charge is 0.146 e. The number of fused-ring (bicyclic) bond motifs is 1. The first kappa shape index (κ1) is 11.1. The Morgan fingerprint density at radius 1 is 1.44 bits per heavy atom. The Labute approximate surface area is 94.9 Å². The molecule has 0 spiro atoms. The van der Waals surface area contributed by atoms with E-state index in [1.807, 2.05) is 19.1 Å². The molecule has 4 heteroatoms. The highest BCUT2D eigenvalue weighted by Gasteiger charge is 2.12. The third kappa shape index (κ3) is 2.07. The summed E-state index contributed by atoms with van der Waals surface area (Å²) in [5.41, 5.74) is 1.78. The number of nitrogens with zero attached hydrogens (tertiary/aromatic N) is 3. The Morgan fingerprint density at radius 3 is 3.00 bits per heavy atom. The normalized spacial score (nSPS) is 13.2. The highest BCUT2D eigenvalue weighted by Crippen LogP contribution is 2.20. The van der Waals surface area contributed by atoms with E-state index in [4.69, 9.17) is 0 Å². The zero-order chi connectivity index (χ0) is 11.5. The van der Waals surface area contributed by atoms with Gasteiger partial charge in [-0.2, -0.15) is 5.10 Å². The quantitative estimate of drug-likeness (QED) is 0.858. The van der Waals surface area contributed by atoms with Crippen molar-refractivity contribution < 1.29 is 5.11 Å². The van der Waals surface area contributed by atoms with Gasteiger partial charge in [0.25, 0.3) is 0 Å². The summed E-state index contributed by atoms with van der Waals surface area (Å²) in [5, 5.41) is 14.4. The van der Waals surface area contributed by atoms with Crippen LogP contribution in [0.25, 0.3) is 5.52 Å². The molecule has 1 N–H and O–H groups in total. The van der Waals surface area contributed by atoms with Gasteiger partial charge in [0.05, 0.1) is 23.5 Å². The van der Waals surface area contributed by atoms with E-state index < -0.39 is 6.10 Å². The number of aliphatic hydroxyl groups excluding tert-OH is 1. The first-order chi connectivity index (χ1) is 7.72. The lowest BCUT2D eigenvalue weighted by atomic mass is 10.1. The van der Waals surface area contributed by atoms with Crippen LogP contribution in [-0.4, -0.2) is 19.7 Å². The predicted molar refractivity (Wildman–Crippen MR) is 62.2 cm³/mol. The highest BCUT2D eigenvalue weighted by atomic mass is 16.3. The first-order valence-electron chi connectivity index (χ1n) is 5.71. The summed E-state index contributed by atoms with van der Waals surface area (Å²) in [6.07, 6.45) is 4.24. The Bertz CT molecular complexity index is 478. The first-order valence-corrected chi connectivity index (χ1v) is 5.71. The van der Waals surface area contributed by atoms with Crippen LogP contribution in [0.5, 0.6) is 0 Å². The fourth-order valence-electron chi connectivity index (χ4n) is 1.80. The average molecular weight is 219 g/mol. The van der Waals surface area contributed by atoms with Gasteiger partial charge in [0, 0.05) is 0 Å². The summed E-state index contributed by atoms with van der Waals surface area (Å²) in [4.78, 5) is 4.13. The number of aliphatic hydroxyl groups is 1. The standard InChI is InChI=1S/C12H17N3O/c1-3-4-5-12(16)11-7-6-10-8-13-9(2)14-15(10)11/h6-8,12,16H,3-5H2,1-2H3. The maximum Gasteiger partial charge on any atom is 0.146 e. The zero-order valence-electron chi connectivity index (χ0n) is 9.72. The third-order valence-corrected chi connectivity index (χ3v) is 2.71. The van der Waals surface area contributed by atoms with Crippen LogP contribution in [0.2, 0.25) is 0 Å². The number of aryl methyl sites for hydroxylation is 1. The maximum atomic E-state index is 10.0. The van der Waals surface area contributed by atoms with Crippen molar-refractivity contribution >= 4 is 5.52 Å². The molecule has 2 rings (SSSR count). The monoisotopic (exact) mass is 219 g/mol. The summed E-state index contributed by atoms with van der Waals surface area (Å²) in [6.45, 7) is 3.97. The lowest BCUT2D eigenvalue weighted by Crippen LogP contribution is -2.06. The molecular formula is C12H17N3O. The molecule has 4 nitrogen and oxygen atoms in total. The van der Waals surface area contributed by atoms with Crippen LogP contribution in [0, 0.1) is 6.92 Å². The fourth-order valence-corrected chi connectivity index (χ4v) is 1.80.